The van der Waals surface area contributed by atoms with Crippen molar-refractivity contribution in [3.05, 3.63) is 82.2 Å². The van der Waals surface area contributed by atoms with Gasteiger partial charge in [0, 0.05) is 5.02 Å². The third-order valence-corrected chi connectivity index (χ3v) is 7.79. The summed E-state index contributed by atoms with van der Waals surface area (Å²) in [5.74, 6) is 0.729. The summed E-state index contributed by atoms with van der Waals surface area (Å²) in [6.07, 6.45) is 1.53. The lowest BCUT2D eigenvalue weighted by molar-refractivity contribution is -0.123. The molecule has 0 N–H and O–H groups in total. The van der Waals surface area contributed by atoms with Crippen LogP contribution in [0.5, 0.6) is 23.0 Å². The quantitative estimate of drug-likeness (QED) is 0.208. The van der Waals surface area contributed by atoms with Gasteiger partial charge in [0.1, 0.15) is 11.5 Å². The van der Waals surface area contributed by atoms with Crippen molar-refractivity contribution >= 4 is 50.7 Å². The number of ether oxygens (including phenoxy) is 3. The maximum absolute atomic E-state index is 12.9. The standard InChI is InChI=1S/C27H24ClNO8S2/c1-3-35-24-16-18(8-13-23(24)37-39(32,33)20-11-9-19(28)10-12-20)17-25-26(30)29(27(31)38-25)14-15-36-22-7-5-4-6-21(22)34-2/h4-13,16-17H,3,14-15H2,1-2H3/b25-17-. The molecule has 3 aromatic carbocycles. The number of amides is 2. The van der Waals surface area contributed by atoms with Crippen molar-refractivity contribution in [2.24, 2.45) is 0 Å². The maximum atomic E-state index is 12.9. The minimum absolute atomic E-state index is 0.0226. The van der Waals surface area contributed by atoms with Crippen LogP contribution in [0.4, 0.5) is 4.79 Å². The molecule has 0 unspecified atom stereocenters. The fraction of sp³-hybridized carbons (Fsp3) is 0.185. The van der Waals surface area contributed by atoms with Crippen molar-refractivity contribution < 1.29 is 36.4 Å². The summed E-state index contributed by atoms with van der Waals surface area (Å²) in [6, 6.07) is 17.2. The first kappa shape index (κ1) is 28.3. The second kappa shape index (κ2) is 12.5. The first-order valence-corrected chi connectivity index (χ1v) is 14.3. The normalized spacial score (nSPS) is 14.5. The molecule has 2 amide bonds. The van der Waals surface area contributed by atoms with Gasteiger partial charge in [-0.25, -0.2) is 0 Å². The van der Waals surface area contributed by atoms with Gasteiger partial charge in [0.05, 0.1) is 25.2 Å². The molecule has 1 heterocycles. The lowest BCUT2D eigenvalue weighted by atomic mass is 10.2. The Labute approximate surface area is 235 Å². The first-order valence-electron chi connectivity index (χ1n) is 11.7. The highest BCUT2D eigenvalue weighted by molar-refractivity contribution is 8.18. The zero-order valence-electron chi connectivity index (χ0n) is 21.0. The molecule has 204 valence electrons. The Kier molecular flexibility index (Phi) is 9.05. The van der Waals surface area contributed by atoms with E-state index in [9.17, 15) is 18.0 Å². The summed E-state index contributed by atoms with van der Waals surface area (Å²) in [4.78, 5) is 26.7. The lowest BCUT2D eigenvalue weighted by Crippen LogP contribution is -2.32. The van der Waals surface area contributed by atoms with Gasteiger partial charge in [-0.05, 0) is 78.9 Å². The van der Waals surface area contributed by atoms with E-state index in [1.54, 1.807) is 37.3 Å². The van der Waals surface area contributed by atoms with E-state index in [1.807, 2.05) is 0 Å². The molecule has 0 spiro atoms. The van der Waals surface area contributed by atoms with Crippen molar-refractivity contribution in [1.29, 1.82) is 0 Å². The number of hydrogen-bond acceptors (Lipinski definition) is 9. The number of methoxy groups -OCH3 is 1. The molecule has 4 rings (SSSR count). The van der Waals surface area contributed by atoms with Crippen molar-refractivity contribution in [3.8, 4) is 23.0 Å². The van der Waals surface area contributed by atoms with Gasteiger partial charge < -0.3 is 18.4 Å². The number of carbonyl (C=O) groups is 2. The number of hydrogen-bond donors (Lipinski definition) is 0. The molecule has 0 atom stereocenters. The largest absolute Gasteiger partial charge is 0.493 e. The van der Waals surface area contributed by atoms with Crippen LogP contribution in [0.2, 0.25) is 5.02 Å². The zero-order chi connectivity index (χ0) is 28.0. The van der Waals surface area contributed by atoms with Crippen molar-refractivity contribution in [2.45, 2.75) is 11.8 Å². The summed E-state index contributed by atoms with van der Waals surface area (Å²) in [7, 11) is -2.62. The monoisotopic (exact) mass is 589 g/mol. The van der Waals surface area contributed by atoms with Crippen LogP contribution in [0.25, 0.3) is 6.08 Å². The van der Waals surface area contributed by atoms with Crippen LogP contribution in [0.3, 0.4) is 0 Å². The minimum Gasteiger partial charge on any atom is -0.493 e. The lowest BCUT2D eigenvalue weighted by Gasteiger charge is -2.14. The highest BCUT2D eigenvalue weighted by Crippen LogP contribution is 2.36. The number of halogens is 1. The number of nitrogens with zero attached hydrogens (tertiary/aromatic N) is 1. The predicted molar refractivity (Wildman–Crippen MR) is 148 cm³/mol. The van der Waals surface area contributed by atoms with E-state index in [0.29, 0.717) is 22.1 Å². The smallest absolute Gasteiger partial charge is 0.339 e. The third-order valence-electron chi connectivity index (χ3n) is 5.38. The van der Waals surface area contributed by atoms with E-state index in [2.05, 4.69) is 0 Å². The molecule has 39 heavy (non-hydrogen) atoms. The molecule has 12 heteroatoms. The summed E-state index contributed by atoms with van der Waals surface area (Å²) in [5.41, 5.74) is 0.519. The Morgan fingerprint density at radius 2 is 1.64 bits per heavy atom. The Morgan fingerprint density at radius 3 is 2.33 bits per heavy atom. The summed E-state index contributed by atoms with van der Waals surface area (Å²) < 4.78 is 47.3. The predicted octanol–water partition coefficient (Wildman–Crippen LogP) is 5.63. The van der Waals surface area contributed by atoms with Crippen LogP contribution < -0.4 is 18.4 Å². The fourth-order valence-electron chi connectivity index (χ4n) is 3.55. The van der Waals surface area contributed by atoms with Crippen LogP contribution in [0.1, 0.15) is 12.5 Å². The Morgan fingerprint density at radius 1 is 0.923 bits per heavy atom. The molecular weight excluding hydrogens is 566 g/mol. The van der Waals surface area contributed by atoms with E-state index in [-0.39, 0.29) is 41.1 Å². The average molecular weight is 590 g/mol. The van der Waals surface area contributed by atoms with Crippen LogP contribution in [-0.4, -0.2) is 51.3 Å². The second-order valence-corrected chi connectivity index (χ2v) is 10.9. The molecule has 1 aliphatic rings. The van der Waals surface area contributed by atoms with Gasteiger partial charge in [0.15, 0.2) is 23.0 Å². The summed E-state index contributed by atoms with van der Waals surface area (Å²) in [6.45, 7) is 2.13. The number of para-hydroxylation sites is 2. The molecule has 0 radical (unpaired) electrons. The SMILES string of the molecule is CCOc1cc(/C=C2\SC(=O)N(CCOc3ccccc3OC)C2=O)ccc1OS(=O)(=O)c1ccc(Cl)cc1. The first-order chi connectivity index (χ1) is 18.7. The highest BCUT2D eigenvalue weighted by Gasteiger charge is 2.35. The van der Waals surface area contributed by atoms with Gasteiger partial charge in [-0.2, -0.15) is 8.42 Å². The van der Waals surface area contributed by atoms with Crippen molar-refractivity contribution in [3.63, 3.8) is 0 Å². The zero-order valence-corrected chi connectivity index (χ0v) is 23.3. The maximum Gasteiger partial charge on any atom is 0.339 e. The Bertz CT molecular complexity index is 1510. The molecule has 3 aromatic rings. The number of benzene rings is 3. The Balaban J connectivity index is 1.47. The number of carbonyl (C=O) groups excluding carboxylic acids is 2. The van der Waals surface area contributed by atoms with Crippen LogP contribution >= 0.6 is 23.4 Å². The molecule has 0 bridgehead atoms. The number of rotatable bonds is 11. The second-order valence-electron chi connectivity index (χ2n) is 7.96. The van der Waals surface area contributed by atoms with E-state index in [1.165, 1.54) is 49.6 Å². The summed E-state index contributed by atoms with van der Waals surface area (Å²) in [5, 5.41) is -0.0319. The molecule has 1 saturated heterocycles. The van der Waals surface area contributed by atoms with Gasteiger partial charge in [-0.15, -0.1) is 0 Å². The topological polar surface area (TPSA) is 108 Å². The molecule has 1 aliphatic heterocycles. The van der Waals surface area contributed by atoms with Crippen molar-refractivity contribution in [1.82, 2.24) is 4.90 Å². The van der Waals surface area contributed by atoms with E-state index < -0.39 is 21.3 Å². The van der Waals surface area contributed by atoms with Crippen molar-refractivity contribution in [2.75, 3.05) is 26.9 Å². The van der Waals surface area contributed by atoms with Crippen LogP contribution in [-0.2, 0) is 14.9 Å². The number of thioether (sulfide) groups is 1. The van der Waals surface area contributed by atoms with Crippen LogP contribution in [0, 0.1) is 0 Å². The van der Waals surface area contributed by atoms with E-state index in [0.717, 1.165) is 16.7 Å². The highest BCUT2D eigenvalue weighted by atomic mass is 35.5. The summed E-state index contributed by atoms with van der Waals surface area (Å²) >= 11 is 6.65. The average Bonchev–Trinajstić information content (AvgIpc) is 3.18. The van der Waals surface area contributed by atoms with Gasteiger partial charge in [-0.1, -0.05) is 29.8 Å². The molecule has 1 fully saturated rings. The van der Waals surface area contributed by atoms with Gasteiger partial charge in [0.2, 0.25) is 0 Å². The van der Waals surface area contributed by atoms with E-state index in [4.69, 9.17) is 30.0 Å². The van der Waals surface area contributed by atoms with Gasteiger partial charge in [0.25, 0.3) is 11.1 Å². The van der Waals surface area contributed by atoms with Gasteiger partial charge in [-0.3, -0.25) is 14.5 Å². The van der Waals surface area contributed by atoms with Gasteiger partial charge >= 0.3 is 10.1 Å². The Hall–Kier alpha value is -3.67. The molecule has 0 saturated carbocycles. The molecule has 0 aromatic heterocycles. The molecule has 0 aliphatic carbocycles. The fourth-order valence-corrected chi connectivity index (χ4v) is 5.48. The van der Waals surface area contributed by atoms with E-state index >= 15 is 0 Å². The molecular formula is C27H24ClNO8S2. The van der Waals surface area contributed by atoms with Crippen LogP contribution in [0.15, 0.2) is 76.5 Å². The minimum atomic E-state index is -4.15. The molecule has 9 nitrogen and oxygen atoms in total. The number of imide groups is 1. The third kappa shape index (κ3) is 6.86.